The van der Waals surface area contributed by atoms with E-state index in [4.69, 9.17) is 0 Å². The molecule has 1 saturated heterocycles. The third-order valence-electron chi connectivity index (χ3n) is 3.03. The van der Waals surface area contributed by atoms with Gasteiger partial charge in [-0.05, 0) is 18.8 Å². The first-order chi connectivity index (χ1) is 5.62. The highest BCUT2D eigenvalue weighted by Gasteiger charge is 2.52. The van der Waals surface area contributed by atoms with Gasteiger partial charge in [-0.1, -0.05) is 6.92 Å². The lowest BCUT2D eigenvalue weighted by molar-refractivity contribution is 0.00634. The number of halogens is 2. The first-order valence-corrected chi connectivity index (χ1v) is 4.63. The van der Waals surface area contributed by atoms with Crippen molar-refractivity contribution in [1.82, 2.24) is 4.90 Å². The minimum atomic E-state index is -2.10. The van der Waals surface area contributed by atoms with Crippen LogP contribution in [0.1, 0.15) is 19.8 Å². The number of rotatable bonds is 3. The Labute approximate surface area is 71.7 Å². The molecule has 1 aliphatic heterocycles. The quantitative estimate of drug-likeness (QED) is 0.634. The fourth-order valence-electron chi connectivity index (χ4n) is 2.01. The van der Waals surface area contributed by atoms with Crippen LogP contribution in [0.3, 0.4) is 0 Å². The van der Waals surface area contributed by atoms with Crippen LogP contribution in [0.25, 0.3) is 0 Å². The molecule has 0 aromatic heterocycles. The SMILES string of the molecule is CC1CN(CC2(C(F)F)CC2)C1. The summed E-state index contributed by atoms with van der Waals surface area (Å²) in [5, 5.41) is 0. The number of alkyl halides is 2. The van der Waals surface area contributed by atoms with Crippen molar-refractivity contribution in [2.75, 3.05) is 19.6 Å². The minimum absolute atomic E-state index is 0.597. The Balaban J connectivity index is 1.79. The van der Waals surface area contributed by atoms with E-state index >= 15 is 0 Å². The predicted molar refractivity (Wildman–Crippen MR) is 43.3 cm³/mol. The first kappa shape index (κ1) is 8.42. The summed E-state index contributed by atoms with van der Waals surface area (Å²) >= 11 is 0. The highest BCUT2D eigenvalue weighted by Crippen LogP contribution is 2.51. The predicted octanol–water partition coefficient (Wildman–Crippen LogP) is 1.98. The van der Waals surface area contributed by atoms with Crippen molar-refractivity contribution in [2.24, 2.45) is 11.3 Å². The van der Waals surface area contributed by atoms with Crippen molar-refractivity contribution in [3.05, 3.63) is 0 Å². The Hall–Kier alpha value is -0.180. The van der Waals surface area contributed by atoms with Crippen molar-refractivity contribution < 1.29 is 8.78 Å². The molecular weight excluding hydrogens is 160 g/mol. The van der Waals surface area contributed by atoms with E-state index in [9.17, 15) is 8.78 Å². The molecule has 1 heterocycles. The van der Waals surface area contributed by atoms with Gasteiger partial charge in [-0.25, -0.2) is 8.78 Å². The maximum Gasteiger partial charge on any atom is 0.245 e. The van der Waals surface area contributed by atoms with Gasteiger partial charge in [0, 0.05) is 25.0 Å². The van der Waals surface area contributed by atoms with Crippen LogP contribution in [-0.2, 0) is 0 Å². The zero-order valence-electron chi connectivity index (χ0n) is 7.39. The standard InChI is InChI=1S/C9H15F2N/c1-7-4-12(5-7)6-9(2-3-9)8(10)11/h7-8H,2-6H2,1H3. The molecule has 12 heavy (non-hydrogen) atoms. The lowest BCUT2D eigenvalue weighted by Gasteiger charge is -2.39. The number of hydrogen-bond donors (Lipinski definition) is 0. The maximum absolute atomic E-state index is 12.5. The van der Waals surface area contributed by atoms with Crippen molar-refractivity contribution in [3.8, 4) is 0 Å². The second-order valence-electron chi connectivity index (χ2n) is 4.46. The van der Waals surface area contributed by atoms with Gasteiger partial charge in [0.1, 0.15) is 0 Å². The second kappa shape index (κ2) is 2.66. The van der Waals surface area contributed by atoms with E-state index in [1.165, 1.54) is 0 Å². The molecule has 70 valence electrons. The molecule has 1 saturated carbocycles. The first-order valence-electron chi connectivity index (χ1n) is 4.63. The molecule has 0 atom stereocenters. The Kier molecular flexibility index (Phi) is 1.86. The van der Waals surface area contributed by atoms with Crippen LogP contribution >= 0.6 is 0 Å². The van der Waals surface area contributed by atoms with Crippen LogP contribution in [-0.4, -0.2) is 31.0 Å². The van der Waals surface area contributed by atoms with E-state index in [0.717, 1.165) is 31.8 Å². The molecule has 0 unspecified atom stereocenters. The summed E-state index contributed by atoms with van der Waals surface area (Å²) in [4.78, 5) is 2.16. The van der Waals surface area contributed by atoms with Crippen LogP contribution in [0, 0.1) is 11.3 Å². The number of likely N-dealkylation sites (tertiary alicyclic amines) is 1. The van der Waals surface area contributed by atoms with Crippen molar-refractivity contribution >= 4 is 0 Å². The molecule has 0 N–H and O–H groups in total. The van der Waals surface area contributed by atoms with Gasteiger partial charge in [-0.3, -0.25) is 0 Å². The largest absolute Gasteiger partial charge is 0.302 e. The summed E-state index contributed by atoms with van der Waals surface area (Å²) in [7, 11) is 0. The van der Waals surface area contributed by atoms with Crippen LogP contribution in [0.5, 0.6) is 0 Å². The third kappa shape index (κ3) is 1.35. The lowest BCUT2D eigenvalue weighted by Crippen LogP contribution is -2.48. The molecule has 1 aliphatic carbocycles. The molecule has 0 aromatic carbocycles. The zero-order valence-corrected chi connectivity index (χ0v) is 7.39. The molecular formula is C9H15F2N. The van der Waals surface area contributed by atoms with E-state index in [1.54, 1.807) is 0 Å². The van der Waals surface area contributed by atoms with Crippen molar-refractivity contribution in [3.63, 3.8) is 0 Å². The maximum atomic E-state index is 12.5. The third-order valence-corrected chi connectivity index (χ3v) is 3.03. The van der Waals surface area contributed by atoms with Gasteiger partial charge in [0.15, 0.2) is 0 Å². The van der Waals surface area contributed by atoms with Crippen LogP contribution in [0.4, 0.5) is 8.78 Å². The topological polar surface area (TPSA) is 3.24 Å². The smallest absolute Gasteiger partial charge is 0.245 e. The van der Waals surface area contributed by atoms with Gasteiger partial charge in [0.05, 0.1) is 0 Å². The molecule has 0 amide bonds. The van der Waals surface area contributed by atoms with Crippen LogP contribution in [0.15, 0.2) is 0 Å². The molecule has 3 heteroatoms. The fraction of sp³-hybridized carbons (Fsp3) is 1.00. The highest BCUT2D eigenvalue weighted by atomic mass is 19.3. The number of hydrogen-bond acceptors (Lipinski definition) is 1. The lowest BCUT2D eigenvalue weighted by atomic mass is 9.99. The van der Waals surface area contributed by atoms with Gasteiger partial charge >= 0.3 is 0 Å². The fourth-order valence-corrected chi connectivity index (χ4v) is 2.01. The van der Waals surface area contributed by atoms with Crippen LogP contribution in [0.2, 0.25) is 0 Å². The number of nitrogens with zero attached hydrogens (tertiary/aromatic N) is 1. The summed E-state index contributed by atoms with van der Waals surface area (Å²) in [6.45, 7) is 4.84. The summed E-state index contributed by atoms with van der Waals surface area (Å²) in [6, 6.07) is 0. The van der Waals surface area contributed by atoms with E-state index in [-0.39, 0.29) is 0 Å². The Morgan fingerprint density at radius 2 is 2.00 bits per heavy atom. The molecule has 2 aliphatic rings. The van der Waals surface area contributed by atoms with E-state index < -0.39 is 11.8 Å². The average Bonchev–Trinajstić information content (AvgIpc) is 2.66. The normalized spacial score (nSPS) is 29.0. The van der Waals surface area contributed by atoms with Gasteiger partial charge in [-0.15, -0.1) is 0 Å². The molecule has 0 bridgehead atoms. The Bertz CT molecular complexity index is 171. The summed E-state index contributed by atoms with van der Waals surface area (Å²) in [5.41, 5.74) is -0.597. The molecule has 0 aromatic rings. The van der Waals surface area contributed by atoms with Gasteiger partial charge in [0.25, 0.3) is 0 Å². The van der Waals surface area contributed by atoms with Crippen LogP contribution < -0.4 is 0 Å². The summed E-state index contributed by atoms with van der Waals surface area (Å²) in [6.07, 6.45) is -0.640. The highest BCUT2D eigenvalue weighted by molar-refractivity contribution is 4.99. The van der Waals surface area contributed by atoms with Crippen molar-refractivity contribution in [2.45, 2.75) is 26.2 Å². The molecule has 2 rings (SSSR count). The molecule has 0 radical (unpaired) electrons. The van der Waals surface area contributed by atoms with Gasteiger partial charge in [0.2, 0.25) is 6.43 Å². The Morgan fingerprint density at radius 1 is 1.42 bits per heavy atom. The average molecular weight is 175 g/mol. The van der Waals surface area contributed by atoms with E-state index in [0.29, 0.717) is 6.54 Å². The molecule has 2 fully saturated rings. The van der Waals surface area contributed by atoms with Gasteiger partial charge < -0.3 is 4.90 Å². The van der Waals surface area contributed by atoms with Crippen molar-refractivity contribution in [1.29, 1.82) is 0 Å². The molecule has 1 nitrogen and oxygen atoms in total. The zero-order chi connectivity index (χ0) is 8.77. The van der Waals surface area contributed by atoms with Gasteiger partial charge in [-0.2, -0.15) is 0 Å². The minimum Gasteiger partial charge on any atom is -0.302 e. The Morgan fingerprint density at radius 3 is 2.33 bits per heavy atom. The van der Waals surface area contributed by atoms with E-state index in [2.05, 4.69) is 11.8 Å². The van der Waals surface area contributed by atoms with E-state index in [1.807, 2.05) is 0 Å². The second-order valence-corrected chi connectivity index (χ2v) is 4.46. The monoisotopic (exact) mass is 175 g/mol. The summed E-state index contributed by atoms with van der Waals surface area (Å²) in [5.74, 6) is 0.721. The molecule has 0 spiro atoms. The summed E-state index contributed by atoms with van der Waals surface area (Å²) < 4.78 is 24.9.